The minimum atomic E-state index is -0.520. The average Bonchev–Trinajstić information content (AvgIpc) is 2.86. The topological polar surface area (TPSA) is 65.2 Å². The van der Waals surface area contributed by atoms with Crippen LogP contribution in [0.3, 0.4) is 0 Å². The Kier molecular flexibility index (Phi) is 5.02. The van der Waals surface area contributed by atoms with E-state index in [0.29, 0.717) is 18.5 Å². The fourth-order valence-electron chi connectivity index (χ4n) is 4.53. The summed E-state index contributed by atoms with van der Waals surface area (Å²) in [5.41, 5.74) is 0.517. The highest BCUT2D eigenvalue weighted by Gasteiger charge is 2.41. The number of piperidine rings is 1. The van der Waals surface area contributed by atoms with Gasteiger partial charge in [0.2, 0.25) is 0 Å². The molecule has 0 radical (unpaired) electrons. The lowest BCUT2D eigenvalue weighted by Crippen LogP contribution is -2.50. The highest BCUT2D eigenvalue weighted by Crippen LogP contribution is 2.37. The van der Waals surface area contributed by atoms with E-state index in [1.807, 2.05) is 0 Å². The van der Waals surface area contributed by atoms with Gasteiger partial charge in [-0.15, -0.1) is 0 Å². The second-order valence-corrected chi connectivity index (χ2v) is 7.78. The SMILES string of the molecule is Cc1ccc(C(=O)NC2CC3CCC(C2)N3Cc2c(F)cccc2F)c(=O)[nH]1. The lowest BCUT2D eigenvalue weighted by atomic mass is 9.96. The predicted molar refractivity (Wildman–Crippen MR) is 101 cm³/mol. The van der Waals surface area contributed by atoms with Crippen LogP contribution in [-0.2, 0) is 6.54 Å². The Hall–Kier alpha value is -2.54. The molecule has 2 unspecified atom stereocenters. The van der Waals surface area contributed by atoms with Gasteiger partial charge in [0, 0.05) is 35.9 Å². The molecule has 1 aromatic heterocycles. The summed E-state index contributed by atoms with van der Waals surface area (Å²) in [6, 6.07) is 7.46. The van der Waals surface area contributed by atoms with Gasteiger partial charge in [-0.1, -0.05) is 6.07 Å². The molecule has 1 aromatic carbocycles. The van der Waals surface area contributed by atoms with Crippen LogP contribution in [0.5, 0.6) is 0 Å². The average molecular weight is 387 g/mol. The van der Waals surface area contributed by atoms with Gasteiger partial charge >= 0.3 is 0 Å². The first kappa shape index (κ1) is 18.8. The maximum atomic E-state index is 14.0. The van der Waals surface area contributed by atoms with Crippen LogP contribution in [0.15, 0.2) is 35.1 Å². The Morgan fingerprint density at radius 3 is 2.39 bits per heavy atom. The van der Waals surface area contributed by atoms with E-state index in [9.17, 15) is 18.4 Å². The molecular formula is C21H23F2N3O2. The summed E-state index contributed by atoms with van der Waals surface area (Å²) >= 11 is 0. The van der Waals surface area contributed by atoms with Crippen LogP contribution < -0.4 is 10.9 Å². The van der Waals surface area contributed by atoms with Gasteiger partial charge in [0.25, 0.3) is 11.5 Å². The van der Waals surface area contributed by atoms with E-state index in [0.717, 1.165) is 12.8 Å². The highest BCUT2D eigenvalue weighted by atomic mass is 19.1. The molecule has 2 bridgehead atoms. The number of rotatable bonds is 4. The Balaban J connectivity index is 1.44. The number of amides is 1. The molecule has 2 N–H and O–H groups in total. The molecule has 2 atom stereocenters. The molecule has 5 nitrogen and oxygen atoms in total. The molecule has 2 saturated heterocycles. The minimum Gasteiger partial charge on any atom is -0.349 e. The molecule has 2 aliphatic heterocycles. The molecule has 0 saturated carbocycles. The quantitative estimate of drug-likeness (QED) is 0.848. The van der Waals surface area contributed by atoms with Gasteiger partial charge in [-0.25, -0.2) is 8.78 Å². The molecule has 148 valence electrons. The third kappa shape index (κ3) is 3.58. The summed E-state index contributed by atoms with van der Waals surface area (Å²) in [7, 11) is 0. The zero-order valence-electron chi connectivity index (χ0n) is 15.7. The van der Waals surface area contributed by atoms with Gasteiger partial charge in [0.1, 0.15) is 17.2 Å². The molecule has 4 rings (SSSR count). The summed E-state index contributed by atoms with van der Waals surface area (Å²) in [6.07, 6.45) is 3.31. The number of hydrogen-bond acceptors (Lipinski definition) is 3. The Labute approximate surface area is 161 Å². The maximum Gasteiger partial charge on any atom is 0.260 e. The van der Waals surface area contributed by atoms with Crippen molar-refractivity contribution in [2.45, 2.75) is 57.3 Å². The van der Waals surface area contributed by atoms with E-state index in [4.69, 9.17) is 0 Å². The minimum absolute atomic E-state index is 0.0487. The van der Waals surface area contributed by atoms with Crippen molar-refractivity contribution in [2.75, 3.05) is 0 Å². The molecule has 7 heteroatoms. The standard InChI is InChI=1S/C21H23F2N3O2/c1-12-5-8-16(20(27)24-12)21(28)25-13-9-14-6-7-15(10-13)26(14)11-17-18(22)3-2-4-19(17)23/h2-5,8,13-15H,6-7,9-11H2,1H3,(H,24,27)(H,25,28). The number of carbonyl (C=O) groups excluding carboxylic acids is 1. The summed E-state index contributed by atoms with van der Waals surface area (Å²) < 4.78 is 28.1. The van der Waals surface area contributed by atoms with Gasteiger partial charge in [-0.3, -0.25) is 14.5 Å². The lowest BCUT2D eigenvalue weighted by molar-refractivity contribution is 0.0820. The van der Waals surface area contributed by atoms with Crippen LogP contribution in [0.2, 0.25) is 0 Å². The number of fused-ring (bicyclic) bond motifs is 2. The summed E-state index contributed by atoms with van der Waals surface area (Å²) in [4.78, 5) is 29.3. The predicted octanol–water partition coefficient (Wildman–Crippen LogP) is 2.89. The number of nitrogens with one attached hydrogen (secondary N) is 2. The van der Waals surface area contributed by atoms with Crippen molar-refractivity contribution >= 4 is 5.91 Å². The van der Waals surface area contributed by atoms with Crippen LogP contribution in [0, 0.1) is 18.6 Å². The number of pyridine rings is 1. The molecule has 2 fully saturated rings. The number of hydrogen-bond donors (Lipinski definition) is 2. The van der Waals surface area contributed by atoms with E-state index < -0.39 is 17.2 Å². The largest absolute Gasteiger partial charge is 0.349 e. The van der Waals surface area contributed by atoms with Gasteiger partial charge in [-0.05, 0) is 56.9 Å². The monoisotopic (exact) mass is 387 g/mol. The number of benzene rings is 1. The Morgan fingerprint density at radius 1 is 1.14 bits per heavy atom. The molecule has 0 spiro atoms. The third-order valence-electron chi connectivity index (χ3n) is 5.92. The van der Waals surface area contributed by atoms with E-state index in [1.165, 1.54) is 24.3 Å². The van der Waals surface area contributed by atoms with Crippen molar-refractivity contribution in [3.05, 3.63) is 69.1 Å². The van der Waals surface area contributed by atoms with Crippen molar-refractivity contribution in [2.24, 2.45) is 0 Å². The molecule has 0 aliphatic carbocycles. The van der Waals surface area contributed by atoms with E-state index in [1.54, 1.807) is 13.0 Å². The van der Waals surface area contributed by atoms with Gasteiger partial charge in [0.15, 0.2) is 0 Å². The Bertz CT molecular complexity index is 925. The van der Waals surface area contributed by atoms with Crippen LogP contribution in [0.1, 0.15) is 47.3 Å². The van der Waals surface area contributed by atoms with Crippen molar-refractivity contribution in [3.63, 3.8) is 0 Å². The third-order valence-corrected chi connectivity index (χ3v) is 5.92. The first-order valence-electron chi connectivity index (χ1n) is 9.62. The number of nitrogens with zero attached hydrogens (tertiary/aromatic N) is 1. The van der Waals surface area contributed by atoms with Gasteiger partial charge in [0.05, 0.1) is 0 Å². The summed E-state index contributed by atoms with van der Waals surface area (Å²) in [5.74, 6) is -1.42. The van der Waals surface area contributed by atoms with E-state index in [-0.39, 0.29) is 41.7 Å². The van der Waals surface area contributed by atoms with Crippen LogP contribution >= 0.6 is 0 Å². The Morgan fingerprint density at radius 2 is 1.79 bits per heavy atom. The smallest absolute Gasteiger partial charge is 0.260 e. The zero-order chi connectivity index (χ0) is 19.8. The summed E-state index contributed by atoms with van der Waals surface area (Å²) in [5, 5.41) is 2.97. The van der Waals surface area contributed by atoms with Crippen LogP contribution in [0.25, 0.3) is 0 Å². The highest BCUT2D eigenvalue weighted by molar-refractivity contribution is 5.94. The van der Waals surface area contributed by atoms with E-state index >= 15 is 0 Å². The molecule has 2 aliphatic rings. The van der Waals surface area contributed by atoms with Crippen molar-refractivity contribution in [1.82, 2.24) is 15.2 Å². The van der Waals surface area contributed by atoms with E-state index in [2.05, 4.69) is 15.2 Å². The number of H-pyrrole nitrogens is 1. The lowest BCUT2D eigenvalue weighted by Gasteiger charge is -2.39. The van der Waals surface area contributed by atoms with Gasteiger partial charge < -0.3 is 10.3 Å². The number of halogens is 2. The van der Waals surface area contributed by atoms with Crippen LogP contribution in [-0.4, -0.2) is 33.9 Å². The number of aryl methyl sites for hydroxylation is 1. The first-order valence-corrected chi connectivity index (χ1v) is 9.62. The van der Waals surface area contributed by atoms with Gasteiger partial charge in [-0.2, -0.15) is 0 Å². The molecule has 1 amide bonds. The van der Waals surface area contributed by atoms with Crippen molar-refractivity contribution in [1.29, 1.82) is 0 Å². The zero-order valence-corrected chi connectivity index (χ0v) is 15.7. The molecular weight excluding hydrogens is 364 g/mol. The number of carbonyl (C=O) groups is 1. The fourth-order valence-corrected chi connectivity index (χ4v) is 4.53. The second kappa shape index (κ2) is 7.47. The maximum absolute atomic E-state index is 14.0. The van der Waals surface area contributed by atoms with Crippen molar-refractivity contribution in [3.8, 4) is 0 Å². The first-order chi connectivity index (χ1) is 13.4. The molecule has 2 aromatic rings. The number of aromatic nitrogens is 1. The number of aromatic amines is 1. The van der Waals surface area contributed by atoms with Crippen LogP contribution in [0.4, 0.5) is 8.78 Å². The summed E-state index contributed by atoms with van der Waals surface area (Å²) in [6.45, 7) is 2.00. The van der Waals surface area contributed by atoms with Crippen molar-refractivity contribution < 1.29 is 13.6 Å². The molecule has 28 heavy (non-hydrogen) atoms. The fraction of sp³-hybridized carbons (Fsp3) is 0.429. The molecule has 3 heterocycles. The normalized spacial score (nSPS) is 24.3. The second-order valence-electron chi connectivity index (χ2n) is 7.78.